The number of benzene rings is 1. The first-order valence-electron chi connectivity index (χ1n) is 7.20. The lowest BCUT2D eigenvalue weighted by molar-refractivity contribution is -0.122. The van der Waals surface area contributed by atoms with Gasteiger partial charge in [-0.2, -0.15) is 0 Å². The fourth-order valence-corrected chi connectivity index (χ4v) is 4.04. The predicted molar refractivity (Wildman–Crippen MR) is 82.9 cm³/mol. The van der Waals surface area contributed by atoms with Crippen LogP contribution in [0.15, 0.2) is 24.3 Å². The molecule has 0 aliphatic carbocycles. The van der Waals surface area contributed by atoms with Gasteiger partial charge in [-0.1, -0.05) is 6.07 Å². The zero-order valence-electron chi connectivity index (χ0n) is 12.7. The highest BCUT2D eigenvalue weighted by Crippen LogP contribution is 2.21. The molecule has 7 heteroatoms. The van der Waals surface area contributed by atoms with Crippen molar-refractivity contribution in [1.82, 2.24) is 5.32 Å². The normalized spacial score (nSPS) is 23.0. The Balaban J connectivity index is 1.76. The van der Waals surface area contributed by atoms with Gasteiger partial charge in [0.05, 0.1) is 31.1 Å². The molecule has 1 aliphatic rings. The van der Waals surface area contributed by atoms with Gasteiger partial charge in [-0.15, -0.1) is 0 Å². The van der Waals surface area contributed by atoms with Crippen LogP contribution in [0.1, 0.15) is 19.8 Å². The van der Waals surface area contributed by atoms with Crippen LogP contribution in [0, 0.1) is 0 Å². The third-order valence-corrected chi connectivity index (χ3v) is 6.10. The molecular weight excluding hydrogens is 306 g/mol. The van der Waals surface area contributed by atoms with Gasteiger partial charge < -0.3 is 14.8 Å². The molecule has 2 rings (SSSR count). The van der Waals surface area contributed by atoms with E-state index in [9.17, 15) is 13.2 Å². The van der Waals surface area contributed by atoms with E-state index in [2.05, 4.69) is 5.32 Å². The highest BCUT2D eigenvalue weighted by atomic mass is 32.2. The smallest absolute Gasteiger partial charge is 0.223 e. The van der Waals surface area contributed by atoms with Gasteiger partial charge in [-0.05, 0) is 25.5 Å². The Morgan fingerprint density at radius 2 is 2.09 bits per heavy atom. The molecule has 0 spiro atoms. The van der Waals surface area contributed by atoms with Crippen molar-refractivity contribution < 1.29 is 22.7 Å². The number of sulfone groups is 1. The molecule has 22 heavy (non-hydrogen) atoms. The van der Waals surface area contributed by atoms with Crippen LogP contribution in [-0.4, -0.2) is 45.1 Å². The molecule has 6 nitrogen and oxygen atoms in total. The summed E-state index contributed by atoms with van der Waals surface area (Å²) in [5.41, 5.74) is 0. The van der Waals surface area contributed by atoms with Gasteiger partial charge >= 0.3 is 0 Å². The van der Waals surface area contributed by atoms with Crippen molar-refractivity contribution in [2.45, 2.75) is 31.1 Å². The van der Waals surface area contributed by atoms with Gasteiger partial charge in [0.15, 0.2) is 9.84 Å². The first-order valence-corrected chi connectivity index (χ1v) is 8.91. The third-order valence-electron chi connectivity index (χ3n) is 3.83. The molecule has 1 saturated heterocycles. The van der Waals surface area contributed by atoms with Gasteiger partial charge in [-0.3, -0.25) is 4.79 Å². The maximum Gasteiger partial charge on any atom is 0.223 e. The van der Waals surface area contributed by atoms with E-state index >= 15 is 0 Å². The number of methoxy groups -OCH3 is 1. The van der Waals surface area contributed by atoms with Crippen LogP contribution < -0.4 is 14.8 Å². The summed E-state index contributed by atoms with van der Waals surface area (Å²) in [6.45, 7) is 1.87. The molecule has 0 bridgehead atoms. The lowest BCUT2D eigenvalue weighted by Crippen LogP contribution is -2.40. The highest BCUT2D eigenvalue weighted by molar-refractivity contribution is 7.92. The highest BCUT2D eigenvalue weighted by Gasteiger charge is 2.37. The van der Waals surface area contributed by atoms with Crippen molar-refractivity contribution in [2.75, 3.05) is 19.5 Å². The van der Waals surface area contributed by atoms with Crippen molar-refractivity contribution in [3.05, 3.63) is 24.3 Å². The fraction of sp³-hybridized carbons (Fsp3) is 0.533. The maximum atomic E-state index is 11.9. The van der Waals surface area contributed by atoms with Gasteiger partial charge in [0, 0.05) is 12.1 Å². The SMILES string of the molecule is COc1cccc(OCCC(=O)N[C@H]2CCS(=O)(=O)[C@H]2C)c1. The molecule has 1 aromatic rings. The Labute approximate surface area is 130 Å². The van der Waals surface area contributed by atoms with E-state index in [0.29, 0.717) is 17.9 Å². The molecule has 122 valence electrons. The summed E-state index contributed by atoms with van der Waals surface area (Å²) >= 11 is 0. The van der Waals surface area contributed by atoms with E-state index in [0.717, 1.165) is 0 Å². The number of ether oxygens (including phenoxy) is 2. The standard InChI is InChI=1S/C15H21NO5S/c1-11-14(7-9-22(11,18)19)16-15(17)6-8-21-13-5-3-4-12(10-13)20-2/h3-5,10-11,14H,6-9H2,1-2H3,(H,16,17)/t11-,14-/m0/s1. The summed E-state index contributed by atoms with van der Waals surface area (Å²) in [7, 11) is -1.48. The van der Waals surface area contributed by atoms with Crippen LogP contribution in [0.4, 0.5) is 0 Å². The fourth-order valence-electron chi connectivity index (χ4n) is 2.38. The Kier molecular flexibility index (Phi) is 5.28. The Hall–Kier alpha value is -1.76. The summed E-state index contributed by atoms with van der Waals surface area (Å²) in [6, 6.07) is 6.84. The molecule has 1 heterocycles. The Morgan fingerprint density at radius 1 is 1.36 bits per heavy atom. The molecular formula is C15H21NO5S. The summed E-state index contributed by atoms with van der Waals surface area (Å²) in [5.74, 6) is 1.26. The minimum atomic E-state index is -3.05. The number of carbonyl (C=O) groups excluding carboxylic acids is 1. The van der Waals surface area contributed by atoms with Gasteiger partial charge in [-0.25, -0.2) is 8.42 Å². The first kappa shape index (κ1) is 16.6. The molecule has 0 saturated carbocycles. The zero-order chi connectivity index (χ0) is 16.2. The third kappa shape index (κ3) is 4.13. The summed E-state index contributed by atoms with van der Waals surface area (Å²) < 4.78 is 33.8. The number of hydrogen-bond donors (Lipinski definition) is 1. The average molecular weight is 327 g/mol. The van der Waals surface area contributed by atoms with Crippen LogP contribution in [-0.2, 0) is 14.6 Å². The van der Waals surface area contributed by atoms with E-state index < -0.39 is 15.1 Å². The molecule has 0 radical (unpaired) electrons. The van der Waals surface area contributed by atoms with E-state index in [4.69, 9.17) is 9.47 Å². The van der Waals surface area contributed by atoms with Crippen LogP contribution >= 0.6 is 0 Å². The monoisotopic (exact) mass is 327 g/mol. The van der Waals surface area contributed by atoms with E-state index in [1.54, 1.807) is 32.2 Å². The summed E-state index contributed by atoms with van der Waals surface area (Å²) in [4.78, 5) is 11.9. The largest absolute Gasteiger partial charge is 0.497 e. The van der Waals surface area contributed by atoms with Crippen LogP contribution in [0.25, 0.3) is 0 Å². The van der Waals surface area contributed by atoms with E-state index in [1.807, 2.05) is 6.07 Å². The van der Waals surface area contributed by atoms with Crippen molar-refractivity contribution in [2.24, 2.45) is 0 Å². The number of nitrogens with one attached hydrogen (secondary N) is 1. The quantitative estimate of drug-likeness (QED) is 0.848. The molecule has 1 aromatic carbocycles. The Morgan fingerprint density at radius 3 is 2.73 bits per heavy atom. The zero-order valence-corrected chi connectivity index (χ0v) is 13.6. The topological polar surface area (TPSA) is 81.7 Å². The van der Waals surface area contributed by atoms with Crippen molar-refractivity contribution in [3.63, 3.8) is 0 Å². The summed E-state index contributed by atoms with van der Waals surface area (Å²) in [5, 5.41) is 2.25. The number of rotatable bonds is 6. The molecule has 1 aliphatic heterocycles. The average Bonchev–Trinajstić information content (AvgIpc) is 2.74. The van der Waals surface area contributed by atoms with Crippen LogP contribution in [0.3, 0.4) is 0 Å². The lowest BCUT2D eigenvalue weighted by atomic mass is 10.1. The molecule has 1 N–H and O–H groups in total. The number of amides is 1. The van der Waals surface area contributed by atoms with Crippen molar-refractivity contribution >= 4 is 15.7 Å². The second kappa shape index (κ2) is 7.00. The summed E-state index contributed by atoms with van der Waals surface area (Å²) in [6.07, 6.45) is 0.659. The second-order valence-corrected chi connectivity index (χ2v) is 7.79. The molecule has 1 amide bonds. The van der Waals surface area contributed by atoms with Crippen molar-refractivity contribution in [1.29, 1.82) is 0 Å². The van der Waals surface area contributed by atoms with Crippen molar-refractivity contribution in [3.8, 4) is 11.5 Å². The lowest BCUT2D eigenvalue weighted by Gasteiger charge is -2.16. The van der Waals surface area contributed by atoms with Crippen LogP contribution in [0.2, 0.25) is 0 Å². The van der Waals surface area contributed by atoms with Gasteiger partial charge in [0.2, 0.25) is 5.91 Å². The second-order valence-electron chi connectivity index (χ2n) is 5.31. The van der Waals surface area contributed by atoms with E-state index in [-0.39, 0.29) is 30.7 Å². The minimum absolute atomic E-state index is 0.138. The predicted octanol–water partition coefficient (Wildman–Crippen LogP) is 1.16. The molecule has 0 unspecified atom stereocenters. The van der Waals surface area contributed by atoms with Gasteiger partial charge in [0.1, 0.15) is 11.5 Å². The van der Waals surface area contributed by atoms with Gasteiger partial charge in [0.25, 0.3) is 0 Å². The maximum absolute atomic E-state index is 11.9. The minimum Gasteiger partial charge on any atom is -0.497 e. The molecule has 0 aromatic heterocycles. The first-order chi connectivity index (χ1) is 10.4. The van der Waals surface area contributed by atoms with E-state index in [1.165, 1.54) is 0 Å². The number of carbonyl (C=O) groups is 1. The molecule has 2 atom stereocenters. The number of hydrogen-bond acceptors (Lipinski definition) is 5. The molecule has 1 fully saturated rings. The van der Waals surface area contributed by atoms with Crippen LogP contribution in [0.5, 0.6) is 11.5 Å². The Bertz CT molecular complexity index is 629.